The van der Waals surface area contributed by atoms with Crippen molar-refractivity contribution in [3.63, 3.8) is 0 Å². The highest BCUT2D eigenvalue weighted by Crippen LogP contribution is 2.13. The summed E-state index contributed by atoms with van der Waals surface area (Å²) in [6, 6.07) is 7.36. The largest absolute Gasteiger partial charge is 0.696 e. The Morgan fingerprint density at radius 3 is 2.50 bits per heavy atom. The van der Waals surface area contributed by atoms with Gasteiger partial charge in [-0.25, -0.2) is 0 Å². The zero-order valence-corrected chi connectivity index (χ0v) is 8.08. The Labute approximate surface area is 78.6 Å². The summed E-state index contributed by atoms with van der Waals surface area (Å²) in [5.41, 5.74) is 3.37. The van der Waals surface area contributed by atoms with Gasteiger partial charge in [-0.15, -0.1) is 5.43 Å². The predicted molar refractivity (Wildman–Crippen MR) is 49.7 cm³/mol. The SMILES string of the molecule is C/[N+]([O-])=N/Nc1ccc(Br)cc1. The van der Waals surface area contributed by atoms with E-state index in [0.717, 1.165) is 10.2 Å². The molecule has 0 aromatic heterocycles. The van der Waals surface area contributed by atoms with Crippen LogP contribution in [0.4, 0.5) is 5.69 Å². The Hall–Kier alpha value is -1.10. The van der Waals surface area contributed by atoms with Crippen molar-refractivity contribution < 1.29 is 4.86 Å². The molecule has 0 aliphatic carbocycles. The lowest BCUT2D eigenvalue weighted by Gasteiger charge is -1.97. The molecule has 1 aromatic rings. The highest BCUT2D eigenvalue weighted by Gasteiger charge is 1.93. The molecule has 1 N–H and O–H groups in total. The molecular weight excluding hydrogens is 222 g/mol. The van der Waals surface area contributed by atoms with Crippen LogP contribution in [0.1, 0.15) is 0 Å². The summed E-state index contributed by atoms with van der Waals surface area (Å²) in [6.45, 7) is 0. The van der Waals surface area contributed by atoms with Crippen molar-refractivity contribution in [3.05, 3.63) is 33.9 Å². The molecule has 12 heavy (non-hydrogen) atoms. The molecule has 0 fully saturated rings. The Kier molecular flexibility index (Phi) is 3.04. The Morgan fingerprint density at radius 2 is 2.00 bits per heavy atom. The molecule has 0 aliphatic rings. The Bertz CT molecular complexity index is 279. The molecule has 0 aliphatic heterocycles. The fourth-order valence-electron chi connectivity index (χ4n) is 0.653. The lowest BCUT2D eigenvalue weighted by atomic mass is 10.3. The van der Waals surface area contributed by atoms with E-state index in [0.29, 0.717) is 4.86 Å². The summed E-state index contributed by atoms with van der Waals surface area (Å²) < 4.78 is 0.989. The molecule has 1 aromatic carbocycles. The van der Waals surface area contributed by atoms with Gasteiger partial charge in [0.05, 0.1) is 5.22 Å². The topological polar surface area (TPSA) is 50.5 Å². The van der Waals surface area contributed by atoms with Gasteiger partial charge in [0.15, 0.2) is 0 Å². The zero-order valence-electron chi connectivity index (χ0n) is 6.49. The molecule has 0 saturated heterocycles. The predicted octanol–water partition coefficient (Wildman–Crippen LogP) is 2.37. The summed E-state index contributed by atoms with van der Waals surface area (Å²) >= 11 is 3.29. The maximum atomic E-state index is 10.4. The average molecular weight is 230 g/mol. The standard InChI is InChI=1S/C7H8BrN3O/c1-11(12)10-9-7-4-2-6(8)3-5-7/h2-5,9H,1H3/b11-10-. The molecule has 0 spiro atoms. The van der Waals surface area contributed by atoms with E-state index in [1.165, 1.54) is 7.05 Å². The van der Waals surface area contributed by atoms with Crippen LogP contribution in [0.5, 0.6) is 0 Å². The number of hydroxylamine groups is 1. The van der Waals surface area contributed by atoms with Crippen LogP contribution in [0.3, 0.4) is 0 Å². The highest BCUT2D eigenvalue weighted by molar-refractivity contribution is 9.10. The number of hydrogen-bond acceptors (Lipinski definition) is 2. The lowest BCUT2D eigenvalue weighted by molar-refractivity contribution is -0.497. The van der Waals surface area contributed by atoms with E-state index in [1.54, 1.807) is 0 Å². The molecule has 1 rings (SSSR count). The van der Waals surface area contributed by atoms with Gasteiger partial charge in [0.1, 0.15) is 12.7 Å². The van der Waals surface area contributed by atoms with Gasteiger partial charge in [-0.3, -0.25) is 0 Å². The van der Waals surface area contributed by atoms with Crippen LogP contribution in [-0.2, 0) is 0 Å². The smallest absolute Gasteiger partial charge is 0.146 e. The molecule has 64 valence electrons. The maximum Gasteiger partial charge on any atom is 0.146 e. The Morgan fingerprint density at radius 1 is 1.42 bits per heavy atom. The van der Waals surface area contributed by atoms with E-state index in [2.05, 4.69) is 26.6 Å². The van der Waals surface area contributed by atoms with Gasteiger partial charge in [0.2, 0.25) is 0 Å². The molecular formula is C7H8BrN3O. The van der Waals surface area contributed by atoms with Crippen molar-refractivity contribution in [2.45, 2.75) is 0 Å². The fraction of sp³-hybridized carbons (Fsp3) is 0.143. The van der Waals surface area contributed by atoms with E-state index < -0.39 is 0 Å². The minimum absolute atomic E-state index is 0.460. The second-order valence-corrected chi connectivity index (χ2v) is 3.10. The summed E-state index contributed by atoms with van der Waals surface area (Å²) in [4.78, 5) is 0.460. The first-order valence-electron chi connectivity index (χ1n) is 3.31. The summed E-state index contributed by atoms with van der Waals surface area (Å²) in [5.74, 6) is 0. The molecule has 4 nitrogen and oxygen atoms in total. The number of benzene rings is 1. The van der Waals surface area contributed by atoms with E-state index in [4.69, 9.17) is 0 Å². The molecule has 0 amide bonds. The minimum atomic E-state index is 0.460. The molecule has 0 saturated carbocycles. The van der Waals surface area contributed by atoms with Crippen molar-refractivity contribution in [2.24, 2.45) is 5.22 Å². The van der Waals surface area contributed by atoms with Gasteiger partial charge in [-0.1, -0.05) is 15.9 Å². The summed E-state index contributed by atoms with van der Waals surface area (Å²) in [7, 11) is 1.31. The quantitative estimate of drug-likeness (QED) is 0.481. The number of anilines is 1. The zero-order chi connectivity index (χ0) is 8.97. The third kappa shape index (κ3) is 2.87. The number of nitrogens with zero attached hydrogens (tertiary/aromatic N) is 2. The molecule has 0 radical (unpaired) electrons. The number of rotatable bonds is 2. The number of hydrogen-bond donors (Lipinski definition) is 1. The number of halogens is 1. The first-order valence-corrected chi connectivity index (χ1v) is 4.11. The van der Waals surface area contributed by atoms with Gasteiger partial charge in [-0.05, 0) is 24.3 Å². The minimum Gasteiger partial charge on any atom is -0.696 e. The summed E-state index contributed by atoms with van der Waals surface area (Å²) in [5, 5.41) is 13.8. The van der Waals surface area contributed by atoms with Crippen LogP contribution in [0.25, 0.3) is 0 Å². The van der Waals surface area contributed by atoms with Gasteiger partial charge >= 0.3 is 0 Å². The van der Waals surface area contributed by atoms with Crippen molar-refractivity contribution >= 4 is 21.6 Å². The van der Waals surface area contributed by atoms with E-state index in [-0.39, 0.29) is 0 Å². The summed E-state index contributed by atoms with van der Waals surface area (Å²) in [6.07, 6.45) is 0. The van der Waals surface area contributed by atoms with Crippen molar-refractivity contribution in [1.29, 1.82) is 0 Å². The average Bonchev–Trinajstić information content (AvgIpc) is 2.03. The van der Waals surface area contributed by atoms with Crippen LogP contribution in [0.15, 0.2) is 34.0 Å². The van der Waals surface area contributed by atoms with Crippen LogP contribution >= 0.6 is 15.9 Å². The van der Waals surface area contributed by atoms with Crippen LogP contribution in [-0.4, -0.2) is 11.9 Å². The van der Waals surface area contributed by atoms with Crippen LogP contribution in [0.2, 0.25) is 0 Å². The van der Waals surface area contributed by atoms with Gasteiger partial charge in [0.25, 0.3) is 0 Å². The third-order valence-electron chi connectivity index (χ3n) is 1.16. The van der Waals surface area contributed by atoms with E-state index in [1.807, 2.05) is 24.3 Å². The lowest BCUT2D eigenvalue weighted by Crippen LogP contribution is -1.96. The van der Waals surface area contributed by atoms with Gasteiger partial charge < -0.3 is 5.21 Å². The van der Waals surface area contributed by atoms with Crippen LogP contribution < -0.4 is 5.43 Å². The molecule has 5 heteroatoms. The van der Waals surface area contributed by atoms with Crippen molar-refractivity contribution in [1.82, 2.24) is 0 Å². The Balaban J connectivity index is 2.65. The van der Waals surface area contributed by atoms with E-state index >= 15 is 0 Å². The van der Waals surface area contributed by atoms with Crippen LogP contribution in [0, 0.1) is 5.21 Å². The van der Waals surface area contributed by atoms with Gasteiger partial charge in [-0.2, -0.15) is 4.86 Å². The molecule has 0 heterocycles. The van der Waals surface area contributed by atoms with E-state index in [9.17, 15) is 5.21 Å². The highest BCUT2D eigenvalue weighted by atomic mass is 79.9. The number of nitrogens with one attached hydrogen (secondary N) is 1. The first kappa shape index (κ1) is 8.99. The van der Waals surface area contributed by atoms with Gasteiger partial charge in [0, 0.05) is 4.47 Å². The third-order valence-corrected chi connectivity index (χ3v) is 1.69. The van der Waals surface area contributed by atoms with Crippen molar-refractivity contribution in [2.75, 3.05) is 12.5 Å². The maximum absolute atomic E-state index is 10.4. The second kappa shape index (κ2) is 4.06. The first-order chi connectivity index (χ1) is 5.68. The molecule has 0 bridgehead atoms. The fourth-order valence-corrected chi connectivity index (χ4v) is 0.917. The normalized spacial score (nSPS) is 11.3. The molecule has 0 unspecified atom stereocenters. The molecule has 0 atom stereocenters. The monoisotopic (exact) mass is 229 g/mol. The van der Waals surface area contributed by atoms with Crippen molar-refractivity contribution in [3.8, 4) is 0 Å². The second-order valence-electron chi connectivity index (χ2n) is 2.18.